The SMILES string of the molecule is Cc1ccc(Oc2ccc(Nc3ncnc4ccc(C#CCNC(=O)CC#N)cc34)cc2Cl)cn1. The number of aryl methyl sites for hydroxylation is 1. The molecule has 0 fully saturated rings. The van der Waals surface area contributed by atoms with Gasteiger partial charge in [-0.1, -0.05) is 23.4 Å². The molecule has 2 heterocycles. The van der Waals surface area contributed by atoms with Crippen LogP contribution in [0.2, 0.25) is 5.02 Å². The zero-order valence-corrected chi connectivity index (χ0v) is 19.4. The molecule has 0 spiro atoms. The summed E-state index contributed by atoms with van der Waals surface area (Å²) in [4.78, 5) is 24.2. The molecule has 0 bridgehead atoms. The van der Waals surface area contributed by atoms with E-state index < -0.39 is 0 Å². The Kier molecular flexibility index (Phi) is 7.37. The summed E-state index contributed by atoms with van der Waals surface area (Å²) in [6, 6.07) is 16.4. The summed E-state index contributed by atoms with van der Waals surface area (Å²) in [7, 11) is 0. The fourth-order valence-electron chi connectivity index (χ4n) is 3.10. The van der Waals surface area contributed by atoms with E-state index in [9.17, 15) is 4.79 Å². The third kappa shape index (κ3) is 6.23. The monoisotopic (exact) mass is 482 g/mol. The van der Waals surface area contributed by atoms with Crippen LogP contribution in [-0.2, 0) is 4.79 Å². The van der Waals surface area contributed by atoms with Crippen LogP contribution in [0.15, 0.2) is 61.1 Å². The predicted octanol–water partition coefficient (Wildman–Crippen LogP) is 4.90. The number of amides is 1. The largest absolute Gasteiger partial charge is 0.454 e. The normalized spacial score (nSPS) is 10.1. The van der Waals surface area contributed by atoms with E-state index in [-0.39, 0.29) is 18.9 Å². The molecule has 0 aliphatic heterocycles. The molecule has 0 atom stereocenters. The highest BCUT2D eigenvalue weighted by Gasteiger charge is 2.09. The Morgan fingerprint density at radius 3 is 2.77 bits per heavy atom. The summed E-state index contributed by atoms with van der Waals surface area (Å²) < 4.78 is 5.83. The number of halogens is 1. The second kappa shape index (κ2) is 11.0. The Morgan fingerprint density at radius 1 is 1.11 bits per heavy atom. The van der Waals surface area contributed by atoms with Crippen LogP contribution in [0.5, 0.6) is 11.5 Å². The van der Waals surface area contributed by atoms with Crippen molar-refractivity contribution < 1.29 is 9.53 Å². The molecule has 2 aromatic carbocycles. The molecule has 4 aromatic rings. The number of fused-ring (bicyclic) bond motifs is 1. The van der Waals surface area contributed by atoms with Crippen LogP contribution in [0.25, 0.3) is 10.9 Å². The van der Waals surface area contributed by atoms with Crippen LogP contribution in [0.4, 0.5) is 11.5 Å². The summed E-state index contributed by atoms with van der Waals surface area (Å²) in [6.07, 6.45) is 2.93. The second-order valence-corrected chi connectivity index (χ2v) is 7.78. The van der Waals surface area contributed by atoms with Gasteiger partial charge in [-0.25, -0.2) is 9.97 Å². The standard InChI is InChI=1S/C26H19ClN6O2/c1-17-4-7-20(15-30-17)35-24-9-6-19(14-22(24)27)33-26-21-13-18(5-8-23(21)31-16-32-26)3-2-12-29-25(34)10-11-28/h4-9,13-16H,10,12H2,1H3,(H,29,34)(H,31,32,33). The van der Waals surface area contributed by atoms with Crippen molar-refractivity contribution in [2.24, 2.45) is 0 Å². The van der Waals surface area contributed by atoms with Crippen molar-refractivity contribution >= 4 is 39.9 Å². The molecule has 4 rings (SSSR count). The molecule has 0 radical (unpaired) electrons. The van der Waals surface area contributed by atoms with Crippen molar-refractivity contribution in [1.29, 1.82) is 5.26 Å². The number of hydrogen-bond donors (Lipinski definition) is 2. The molecule has 0 saturated heterocycles. The van der Waals surface area contributed by atoms with E-state index in [2.05, 4.69) is 37.4 Å². The Balaban J connectivity index is 1.51. The van der Waals surface area contributed by atoms with E-state index in [4.69, 9.17) is 21.6 Å². The number of ether oxygens (including phenoxy) is 1. The molecule has 0 aliphatic carbocycles. The first-order valence-electron chi connectivity index (χ1n) is 10.6. The zero-order valence-electron chi connectivity index (χ0n) is 18.7. The third-order valence-corrected chi connectivity index (χ3v) is 5.08. The van der Waals surface area contributed by atoms with Gasteiger partial charge in [-0.3, -0.25) is 9.78 Å². The van der Waals surface area contributed by atoms with Gasteiger partial charge >= 0.3 is 0 Å². The summed E-state index contributed by atoms with van der Waals surface area (Å²) in [5.41, 5.74) is 3.10. The lowest BCUT2D eigenvalue weighted by Gasteiger charge is -2.11. The summed E-state index contributed by atoms with van der Waals surface area (Å²) in [5.74, 6) is 7.21. The number of rotatable bonds is 6. The van der Waals surface area contributed by atoms with Gasteiger partial charge < -0.3 is 15.4 Å². The molecule has 172 valence electrons. The van der Waals surface area contributed by atoms with Crippen molar-refractivity contribution in [3.8, 4) is 29.4 Å². The quantitative estimate of drug-likeness (QED) is 0.375. The summed E-state index contributed by atoms with van der Waals surface area (Å²) in [6.45, 7) is 2.06. The number of nitriles is 1. The van der Waals surface area contributed by atoms with Crippen molar-refractivity contribution in [2.45, 2.75) is 13.3 Å². The van der Waals surface area contributed by atoms with E-state index in [0.717, 1.165) is 27.8 Å². The van der Waals surface area contributed by atoms with E-state index in [1.807, 2.05) is 43.3 Å². The Labute approximate surface area is 207 Å². The maximum Gasteiger partial charge on any atom is 0.234 e. The number of nitrogens with one attached hydrogen (secondary N) is 2. The fourth-order valence-corrected chi connectivity index (χ4v) is 3.32. The third-order valence-electron chi connectivity index (χ3n) is 4.79. The van der Waals surface area contributed by atoms with Crippen molar-refractivity contribution in [3.05, 3.63) is 77.3 Å². The summed E-state index contributed by atoms with van der Waals surface area (Å²) in [5, 5.41) is 15.6. The Morgan fingerprint density at radius 2 is 2.00 bits per heavy atom. The van der Waals surface area contributed by atoms with Gasteiger partial charge in [0.2, 0.25) is 5.91 Å². The highest BCUT2D eigenvalue weighted by molar-refractivity contribution is 6.32. The van der Waals surface area contributed by atoms with Gasteiger partial charge in [-0.05, 0) is 55.5 Å². The van der Waals surface area contributed by atoms with Gasteiger partial charge in [0.1, 0.15) is 30.1 Å². The van der Waals surface area contributed by atoms with Gasteiger partial charge in [0.25, 0.3) is 0 Å². The van der Waals surface area contributed by atoms with Crippen LogP contribution < -0.4 is 15.4 Å². The Hall–Kier alpha value is -4.66. The van der Waals surface area contributed by atoms with Crippen LogP contribution in [0.3, 0.4) is 0 Å². The molecule has 0 aliphatic rings. The average Bonchev–Trinajstić information content (AvgIpc) is 2.85. The molecule has 9 heteroatoms. The van der Waals surface area contributed by atoms with Crippen LogP contribution >= 0.6 is 11.6 Å². The number of nitrogens with zero attached hydrogens (tertiary/aromatic N) is 4. The number of hydrogen-bond acceptors (Lipinski definition) is 7. The lowest BCUT2D eigenvalue weighted by atomic mass is 10.1. The highest BCUT2D eigenvalue weighted by atomic mass is 35.5. The minimum atomic E-state index is -0.356. The van der Waals surface area contributed by atoms with Crippen molar-refractivity contribution in [1.82, 2.24) is 20.3 Å². The molecule has 1 amide bonds. The molecule has 0 saturated carbocycles. The van der Waals surface area contributed by atoms with Gasteiger partial charge in [0.15, 0.2) is 0 Å². The van der Waals surface area contributed by atoms with E-state index in [1.165, 1.54) is 6.33 Å². The highest BCUT2D eigenvalue weighted by Crippen LogP contribution is 2.33. The van der Waals surface area contributed by atoms with Crippen LogP contribution in [0, 0.1) is 30.1 Å². The fraction of sp³-hybridized carbons (Fsp3) is 0.115. The number of anilines is 2. The maximum atomic E-state index is 11.3. The molecule has 2 N–H and O–H groups in total. The van der Waals surface area contributed by atoms with E-state index >= 15 is 0 Å². The molecule has 0 unspecified atom stereocenters. The minimum absolute atomic E-state index is 0.153. The molecule has 2 aromatic heterocycles. The Bertz CT molecular complexity index is 1490. The number of carbonyl (C=O) groups is 1. The smallest absolute Gasteiger partial charge is 0.234 e. The molecule has 8 nitrogen and oxygen atoms in total. The number of aromatic nitrogens is 3. The zero-order chi connectivity index (χ0) is 24.6. The van der Waals surface area contributed by atoms with Gasteiger partial charge in [-0.2, -0.15) is 5.26 Å². The maximum absolute atomic E-state index is 11.3. The lowest BCUT2D eigenvalue weighted by Crippen LogP contribution is -2.22. The van der Waals surface area contributed by atoms with Crippen LogP contribution in [-0.4, -0.2) is 27.4 Å². The summed E-state index contributed by atoms with van der Waals surface area (Å²) >= 11 is 6.45. The number of carbonyl (C=O) groups excluding carboxylic acids is 1. The first-order valence-corrected chi connectivity index (χ1v) is 10.9. The minimum Gasteiger partial charge on any atom is -0.454 e. The predicted molar refractivity (Wildman–Crippen MR) is 133 cm³/mol. The first-order chi connectivity index (χ1) is 17.0. The number of pyridine rings is 1. The molecule has 35 heavy (non-hydrogen) atoms. The number of benzene rings is 2. The first kappa shape index (κ1) is 23.5. The van der Waals surface area contributed by atoms with Crippen molar-refractivity contribution in [2.75, 3.05) is 11.9 Å². The van der Waals surface area contributed by atoms with Crippen LogP contribution in [0.1, 0.15) is 17.7 Å². The average molecular weight is 483 g/mol. The van der Waals surface area contributed by atoms with E-state index in [1.54, 1.807) is 24.4 Å². The van der Waals surface area contributed by atoms with Gasteiger partial charge in [0.05, 0.1) is 29.4 Å². The van der Waals surface area contributed by atoms with Crippen molar-refractivity contribution in [3.63, 3.8) is 0 Å². The van der Waals surface area contributed by atoms with Gasteiger partial charge in [-0.15, -0.1) is 0 Å². The topological polar surface area (TPSA) is 113 Å². The van der Waals surface area contributed by atoms with Gasteiger partial charge in [0, 0.05) is 22.3 Å². The molecular formula is C26H19ClN6O2. The lowest BCUT2D eigenvalue weighted by molar-refractivity contribution is -0.119. The second-order valence-electron chi connectivity index (χ2n) is 7.38. The van der Waals surface area contributed by atoms with E-state index in [0.29, 0.717) is 22.3 Å². The molecular weight excluding hydrogens is 464 g/mol.